The lowest BCUT2D eigenvalue weighted by Crippen LogP contribution is -2.12. The third-order valence-electron chi connectivity index (χ3n) is 1.79. The minimum Gasteiger partial charge on any atom is -0.462 e. The van der Waals surface area contributed by atoms with Crippen LogP contribution in [0.4, 0.5) is 5.82 Å². The Labute approximate surface area is 99.0 Å². The number of esters is 1. The van der Waals surface area contributed by atoms with Crippen LogP contribution in [-0.2, 0) is 4.74 Å². The maximum absolute atomic E-state index is 11.6. The van der Waals surface area contributed by atoms with Crippen molar-refractivity contribution in [3.8, 4) is 0 Å². The van der Waals surface area contributed by atoms with Crippen molar-refractivity contribution < 1.29 is 9.53 Å². The van der Waals surface area contributed by atoms with Crippen molar-refractivity contribution in [2.24, 2.45) is 0 Å². The summed E-state index contributed by atoms with van der Waals surface area (Å²) in [5, 5.41) is 3.65. The van der Waals surface area contributed by atoms with Gasteiger partial charge in [-0.3, -0.25) is 0 Å². The van der Waals surface area contributed by atoms with E-state index in [2.05, 4.69) is 15.3 Å². The summed E-state index contributed by atoms with van der Waals surface area (Å²) in [6, 6.07) is 0. The molecular formula is C10H15N3O2S. The predicted molar refractivity (Wildman–Crippen MR) is 63.9 cm³/mol. The summed E-state index contributed by atoms with van der Waals surface area (Å²) >= 11 is 1.43. The molecule has 0 saturated carbocycles. The predicted octanol–water partition coefficient (Wildman–Crippen LogP) is 1.81. The molecule has 0 unspecified atom stereocenters. The van der Waals surface area contributed by atoms with Crippen LogP contribution in [0.2, 0.25) is 0 Å². The SMILES string of the molecule is CCNc1nc(SC)ncc1C(=O)OCC. The molecular weight excluding hydrogens is 226 g/mol. The lowest BCUT2D eigenvalue weighted by Gasteiger charge is -2.09. The molecule has 5 nitrogen and oxygen atoms in total. The zero-order valence-electron chi connectivity index (χ0n) is 9.61. The highest BCUT2D eigenvalue weighted by Crippen LogP contribution is 2.17. The molecule has 0 radical (unpaired) electrons. The fourth-order valence-corrected chi connectivity index (χ4v) is 1.47. The van der Waals surface area contributed by atoms with E-state index in [0.717, 1.165) is 0 Å². The van der Waals surface area contributed by atoms with Gasteiger partial charge in [-0.05, 0) is 20.1 Å². The molecule has 0 aromatic carbocycles. The number of carbonyl (C=O) groups excluding carboxylic acids is 1. The molecule has 0 aliphatic rings. The van der Waals surface area contributed by atoms with E-state index >= 15 is 0 Å². The van der Waals surface area contributed by atoms with E-state index < -0.39 is 5.97 Å². The van der Waals surface area contributed by atoms with Gasteiger partial charge < -0.3 is 10.1 Å². The minimum atomic E-state index is -0.397. The number of aromatic nitrogens is 2. The third kappa shape index (κ3) is 3.10. The highest BCUT2D eigenvalue weighted by molar-refractivity contribution is 7.98. The number of nitrogens with zero attached hydrogens (tertiary/aromatic N) is 2. The number of thioether (sulfide) groups is 1. The molecule has 1 N–H and O–H groups in total. The molecule has 0 amide bonds. The third-order valence-corrected chi connectivity index (χ3v) is 2.35. The Balaban J connectivity index is 3.01. The Bertz CT molecular complexity index is 371. The van der Waals surface area contributed by atoms with Gasteiger partial charge in [-0.15, -0.1) is 0 Å². The Kier molecular flexibility index (Phi) is 5.04. The van der Waals surface area contributed by atoms with Crippen LogP contribution in [0.15, 0.2) is 11.4 Å². The van der Waals surface area contributed by atoms with Gasteiger partial charge in [0.15, 0.2) is 5.16 Å². The van der Waals surface area contributed by atoms with Crippen LogP contribution in [-0.4, -0.2) is 35.3 Å². The molecule has 16 heavy (non-hydrogen) atoms. The Morgan fingerprint density at radius 2 is 2.31 bits per heavy atom. The second kappa shape index (κ2) is 6.32. The quantitative estimate of drug-likeness (QED) is 0.482. The number of hydrogen-bond donors (Lipinski definition) is 1. The second-order valence-electron chi connectivity index (χ2n) is 2.87. The first-order chi connectivity index (χ1) is 7.72. The molecule has 0 aliphatic heterocycles. The number of nitrogens with one attached hydrogen (secondary N) is 1. The van der Waals surface area contributed by atoms with Gasteiger partial charge >= 0.3 is 5.97 Å². The monoisotopic (exact) mass is 241 g/mol. The standard InChI is InChI=1S/C10H15N3O2S/c1-4-11-8-7(9(14)15-5-2)6-12-10(13-8)16-3/h6H,4-5H2,1-3H3,(H,11,12,13). The smallest absolute Gasteiger partial charge is 0.343 e. The first-order valence-electron chi connectivity index (χ1n) is 5.04. The van der Waals surface area contributed by atoms with Gasteiger partial charge in [0.25, 0.3) is 0 Å². The van der Waals surface area contributed by atoms with E-state index in [-0.39, 0.29) is 0 Å². The van der Waals surface area contributed by atoms with Gasteiger partial charge in [0, 0.05) is 12.7 Å². The van der Waals surface area contributed by atoms with Crippen molar-refractivity contribution in [1.29, 1.82) is 0 Å². The molecule has 0 spiro atoms. The van der Waals surface area contributed by atoms with Crippen LogP contribution in [0.3, 0.4) is 0 Å². The van der Waals surface area contributed by atoms with Crippen LogP contribution in [0, 0.1) is 0 Å². The first-order valence-corrected chi connectivity index (χ1v) is 6.27. The van der Waals surface area contributed by atoms with E-state index in [1.807, 2.05) is 13.2 Å². The van der Waals surface area contributed by atoms with Crippen molar-refractivity contribution >= 4 is 23.5 Å². The fourth-order valence-electron chi connectivity index (χ4n) is 1.12. The van der Waals surface area contributed by atoms with Crippen LogP contribution in [0.1, 0.15) is 24.2 Å². The zero-order chi connectivity index (χ0) is 12.0. The molecule has 1 heterocycles. The summed E-state index contributed by atoms with van der Waals surface area (Å²) in [4.78, 5) is 19.9. The van der Waals surface area contributed by atoms with Crippen LogP contribution < -0.4 is 5.32 Å². The Morgan fingerprint density at radius 1 is 1.56 bits per heavy atom. The van der Waals surface area contributed by atoms with Gasteiger partial charge in [0.2, 0.25) is 0 Å². The summed E-state index contributed by atoms with van der Waals surface area (Å²) in [6.07, 6.45) is 3.38. The van der Waals surface area contributed by atoms with Gasteiger partial charge in [-0.2, -0.15) is 0 Å². The lowest BCUT2D eigenvalue weighted by atomic mass is 10.3. The summed E-state index contributed by atoms with van der Waals surface area (Å²) in [7, 11) is 0. The molecule has 0 atom stereocenters. The van der Waals surface area contributed by atoms with Crippen LogP contribution >= 0.6 is 11.8 Å². The maximum atomic E-state index is 11.6. The average molecular weight is 241 g/mol. The summed E-state index contributed by atoms with van der Waals surface area (Å²) in [5.41, 5.74) is 0.376. The van der Waals surface area contributed by atoms with E-state index in [9.17, 15) is 4.79 Å². The number of anilines is 1. The summed E-state index contributed by atoms with van der Waals surface area (Å²) < 4.78 is 4.92. The topological polar surface area (TPSA) is 64.1 Å². The van der Waals surface area contributed by atoms with Gasteiger partial charge in [0.05, 0.1) is 6.61 Å². The van der Waals surface area contributed by atoms with E-state index in [4.69, 9.17) is 4.74 Å². The average Bonchev–Trinajstić information content (AvgIpc) is 2.29. The van der Waals surface area contributed by atoms with Gasteiger partial charge in [0.1, 0.15) is 11.4 Å². The molecule has 88 valence electrons. The van der Waals surface area contributed by atoms with Gasteiger partial charge in [-0.1, -0.05) is 11.8 Å². The Morgan fingerprint density at radius 3 is 2.88 bits per heavy atom. The molecule has 0 fully saturated rings. The van der Waals surface area contributed by atoms with E-state index in [1.165, 1.54) is 18.0 Å². The van der Waals surface area contributed by atoms with Crippen LogP contribution in [0.5, 0.6) is 0 Å². The van der Waals surface area contributed by atoms with Gasteiger partial charge in [-0.25, -0.2) is 14.8 Å². The number of hydrogen-bond acceptors (Lipinski definition) is 6. The molecule has 0 bridgehead atoms. The molecule has 0 saturated heterocycles. The maximum Gasteiger partial charge on any atom is 0.343 e. The molecule has 0 aliphatic carbocycles. The Hall–Kier alpha value is -1.30. The highest BCUT2D eigenvalue weighted by atomic mass is 32.2. The van der Waals surface area contributed by atoms with Crippen molar-refractivity contribution in [1.82, 2.24) is 9.97 Å². The normalized spacial score (nSPS) is 9.94. The summed E-state index contributed by atoms with van der Waals surface area (Å²) in [5.74, 6) is 0.131. The van der Waals surface area contributed by atoms with Crippen molar-refractivity contribution in [3.05, 3.63) is 11.8 Å². The van der Waals surface area contributed by atoms with Crippen LogP contribution in [0.25, 0.3) is 0 Å². The zero-order valence-corrected chi connectivity index (χ0v) is 10.4. The van der Waals surface area contributed by atoms with E-state index in [0.29, 0.717) is 29.7 Å². The minimum absolute atomic E-state index is 0.342. The van der Waals surface area contributed by atoms with Crippen molar-refractivity contribution in [3.63, 3.8) is 0 Å². The lowest BCUT2D eigenvalue weighted by molar-refractivity contribution is 0.0526. The van der Waals surface area contributed by atoms with Crippen molar-refractivity contribution in [2.75, 3.05) is 24.7 Å². The number of rotatable bonds is 5. The number of ether oxygens (including phenoxy) is 1. The molecule has 1 aromatic heterocycles. The largest absolute Gasteiger partial charge is 0.462 e. The first kappa shape index (κ1) is 12.8. The molecule has 1 aromatic rings. The molecule has 1 rings (SSSR count). The number of carbonyl (C=O) groups is 1. The van der Waals surface area contributed by atoms with Crippen molar-refractivity contribution in [2.45, 2.75) is 19.0 Å². The molecule has 6 heteroatoms. The highest BCUT2D eigenvalue weighted by Gasteiger charge is 2.14. The fraction of sp³-hybridized carbons (Fsp3) is 0.500. The second-order valence-corrected chi connectivity index (χ2v) is 3.64. The summed E-state index contributed by atoms with van der Waals surface area (Å²) in [6.45, 7) is 4.74. The van der Waals surface area contributed by atoms with E-state index in [1.54, 1.807) is 6.92 Å².